The first-order chi connectivity index (χ1) is 10.0. The predicted octanol–water partition coefficient (Wildman–Crippen LogP) is 4.23. The molecule has 21 heavy (non-hydrogen) atoms. The lowest BCUT2D eigenvalue weighted by Gasteiger charge is -2.31. The van der Waals surface area contributed by atoms with Gasteiger partial charge >= 0.3 is 0 Å². The molecule has 0 aliphatic heterocycles. The van der Waals surface area contributed by atoms with Crippen LogP contribution in [0.25, 0.3) is 0 Å². The Morgan fingerprint density at radius 1 is 1.43 bits per heavy atom. The summed E-state index contributed by atoms with van der Waals surface area (Å²) in [6.45, 7) is 4.80. The summed E-state index contributed by atoms with van der Waals surface area (Å²) >= 11 is 6.22. The molecule has 0 aliphatic carbocycles. The Morgan fingerprint density at radius 2 is 2.19 bits per heavy atom. The van der Waals surface area contributed by atoms with Gasteiger partial charge in [0.15, 0.2) is 0 Å². The third-order valence-corrected chi connectivity index (χ3v) is 3.73. The van der Waals surface area contributed by atoms with Crippen molar-refractivity contribution in [3.8, 4) is 0 Å². The van der Waals surface area contributed by atoms with E-state index in [1.165, 1.54) is 12.1 Å². The minimum Gasteiger partial charge on any atom is -0.364 e. The lowest BCUT2D eigenvalue weighted by atomic mass is 10.1. The van der Waals surface area contributed by atoms with Crippen LogP contribution in [0.4, 0.5) is 11.4 Å². The van der Waals surface area contributed by atoms with Crippen LogP contribution < -0.4 is 4.90 Å². The van der Waals surface area contributed by atoms with Crippen LogP contribution in [0.15, 0.2) is 42.7 Å². The zero-order valence-electron chi connectivity index (χ0n) is 11.9. The number of aromatic nitrogens is 1. The second kappa shape index (κ2) is 6.54. The van der Waals surface area contributed by atoms with Crippen LogP contribution in [-0.2, 0) is 0 Å². The molecular weight excluding hydrogens is 290 g/mol. The first kappa shape index (κ1) is 15.3. The fourth-order valence-corrected chi connectivity index (χ4v) is 2.58. The van der Waals surface area contributed by atoms with Gasteiger partial charge in [0.25, 0.3) is 5.69 Å². The summed E-state index contributed by atoms with van der Waals surface area (Å²) in [4.78, 5) is 16.5. The number of hydrogen-bond donors (Lipinski definition) is 0. The van der Waals surface area contributed by atoms with E-state index in [9.17, 15) is 10.1 Å². The number of non-ortho nitro benzene ring substituents is 1. The van der Waals surface area contributed by atoms with Gasteiger partial charge in [-0.05, 0) is 31.5 Å². The Hall–Kier alpha value is -2.14. The fourth-order valence-electron chi connectivity index (χ4n) is 2.30. The first-order valence-electron chi connectivity index (χ1n) is 6.65. The molecule has 0 saturated carbocycles. The second-order valence-corrected chi connectivity index (χ2v) is 5.05. The standard InChI is InChI=1S/C15H16ClN3O2/c1-3-18(11(2)12-5-4-8-17-10-12)15-7-6-13(19(20)21)9-14(15)16/h4-11H,3H2,1-2H3. The quantitative estimate of drug-likeness (QED) is 0.612. The molecule has 0 amide bonds. The normalized spacial score (nSPS) is 12.0. The van der Waals surface area contributed by atoms with Gasteiger partial charge in [0.2, 0.25) is 0 Å². The van der Waals surface area contributed by atoms with Gasteiger partial charge in [0.1, 0.15) is 0 Å². The van der Waals surface area contributed by atoms with E-state index in [0.717, 1.165) is 17.8 Å². The molecule has 0 bridgehead atoms. The van der Waals surface area contributed by atoms with E-state index < -0.39 is 4.92 Å². The summed E-state index contributed by atoms with van der Waals surface area (Å²) in [6.07, 6.45) is 3.54. The molecule has 1 aromatic carbocycles. The van der Waals surface area contributed by atoms with Crippen molar-refractivity contribution in [2.75, 3.05) is 11.4 Å². The third-order valence-electron chi connectivity index (χ3n) is 3.43. The maximum atomic E-state index is 10.8. The SMILES string of the molecule is CCN(c1ccc([N+](=O)[O-])cc1Cl)C(C)c1cccnc1. The first-order valence-corrected chi connectivity index (χ1v) is 7.03. The number of nitrogens with zero attached hydrogens (tertiary/aromatic N) is 3. The topological polar surface area (TPSA) is 59.3 Å². The van der Waals surface area contributed by atoms with Gasteiger partial charge < -0.3 is 4.90 Å². The number of nitro groups is 1. The van der Waals surface area contributed by atoms with E-state index in [-0.39, 0.29) is 11.7 Å². The van der Waals surface area contributed by atoms with Crippen molar-refractivity contribution < 1.29 is 4.92 Å². The molecule has 1 aromatic heterocycles. The highest BCUT2D eigenvalue weighted by atomic mass is 35.5. The molecule has 5 nitrogen and oxygen atoms in total. The number of hydrogen-bond acceptors (Lipinski definition) is 4. The van der Waals surface area contributed by atoms with Crippen LogP contribution in [0, 0.1) is 10.1 Å². The van der Waals surface area contributed by atoms with E-state index in [4.69, 9.17) is 11.6 Å². The maximum Gasteiger partial charge on any atom is 0.271 e. The number of benzene rings is 1. The highest BCUT2D eigenvalue weighted by Crippen LogP contribution is 2.34. The van der Waals surface area contributed by atoms with E-state index >= 15 is 0 Å². The molecule has 1 unspecified atom stereocenters. The average molecular weight is 306 g/mol. The van der Waals surface area contributed by atoms with Gasteiger partial charge in [0, 0.05) is 31.1 Å². The van der Waals surface area contributed by atoms with E-state index in [0.29, 0.717) is 5.02 Å². The van der Waals surface area contributed by atoms with Crippen molar-refractivity contribution in [1.82, 2.24) is 4.98 Å². The smallest absolute Gasteiger partial charge is 0.271 e. The average Bonchev–Trinajstić information content (AvgIpc) is 2.50. The van der Waals surface area contributed by atoms with E-state index in [2.05, 4.69) is 16.8 Å². The maximum absolute atomic E-state index is 10.8. The van der Waals surface area contributed by atoms with Crippen molar-refractivity contribution in [1.29, 1.82) is 0 Å². The van der Waals surface area contributed by atoms with Gasteiger partial charge in [-0.2, -0.15) is 0 Å². The minimum atomic E-state index is -0.448. The van der Waals surface area contributed by atoms with E-state index in [1.54, 1.807) is 12.3 Å². The number of halogens is 1. The summed E-state index contributed by atoms with van der Waals surface area (Å²) < 4.78 is 0. The van der Waals surface area contributed by atoms with Crippen LogP contribution >= 0.6 is 11.6 Å². The van der Waals surface area contributed by atoms with Crippen LogP contribution in [0.2, 0.25) is 5.02 Å². The second-order valence-electron chi connectivity index (χ2n) is 4.64. The van der Waals surface area contributed by atoms with Gasteiger partial charge in [-0.25, -0.2) is 0 Å². The van der Waals surface area contributed by atoms with Crippen molar-refractivity contribution >= 4 is 23.0 Å². The lowest BCUT2D eigenvalue weighted by molar-refractivity contribution is -0.384. The van der Waals surface area contributed by atoms with Gasteiger partial charge in [-0.15, -0.1) is 0 Å². The summed E-state index contributed by atoms with van der Waals surface area (Å²) in [7, 11) is 0. The number of anilines is 1. The third kappa shape index (κ3) is 3.31. The molecule has 2 rings (SSSR count). The summed E-state index contributed by atoms with van der Waals surface area (Å²) in [6, 6.07) is 8.51. The van der Waals surface area contributed by atoms with Crippen LogP contribution in [0.1, 0.15) is 25.5 Å². The van der Waals surface area contributed by atoms with Crippen LogP contribution in [0.5, 0.6) is 0 Å². The summed E-state index contributed by atoms with van der Waals surface area (Å²) in [5, 5.41) is 11.2. The van der Waals surface area contributed by atoms with Crippen molar-refractivity contribution in [3.63, 3.8) is 0 Å². The molecule has 1 heterocycles. The molecule has 6 heteroatoms. The van der Waals surface area contributed by atoms with Crippen LogP contribution in [0.3, 0.4) is 0 Å². The zero-order valence-corrected chi connectivity index (χ0v) is 12.6. The highest BCUT2D eigenvalue weighted by molar-refractivity contribution is 6.33. The molecule has 0 saturated heterocycles. The Labute approximate surface area is 128 Å². The number of rotatable bonds is 5. The Morgan fingerprint density at radius 3 is 2.71 bits per heavy atom. The molecule has 1 atom stereocenters. The van der Waals surface area contributed by atoms with Crippen molar-refractivity contribution in [2.24, 2.45) is 0 Å². The summed E-state index contributed by atoms with van der Waals surface area (Å²) in [5.74, 6) is 0. The molecular formula is C15H16ClN3O2. The van der Waals surface area contributed by atoms with Crippen molar-refractivity contribution in [3.05, 3.63) is 63.4 Å². The van der Waals surface area contributed by atoms with Gasteiger partial charge in [-0.1, -0.05) is 17.7 Å². The number of nitro benzene ring substituents is 1. The van der Waals surface area contributed by atoms with Crippen molar-refractivity contribution in [2.45, 2.75) is 19.9 Å². The molecule has 2 aromatic rings. The minimum absolute atomic E-state index is 0.00571. The summed E-state index contributed by atoms with van der Waals surface area (Å²) in [5.41, 5.74) is 1.84. The molecule has 0 N–H and O–H groups in total. The predicted molar refractivity (Wildman–Crippen MR) is 83.8 cm³/mol. The molecule has 110 valence electrons. The van der Waals surface area contributed by atoms with Crippen LogP contribution in [-0.4, -0.2) is 16.5 Å². The molecule has 0 aliphatic rings. The fraction of sp³-hybridized carbons (Fsp3) is 0.267. The Balaban J connectivity index is 2.35. The van der Waals surface area contributed by atoms with Gasteiger partial charge in [0.05, 0.1) is 21.7 Å². The monoisotopic (exact) mass is 305 g/mol. The molecule has 0 spiro atoms. The molecule has 0 radical (unpaired) electrons. The lowest BCUT2D eigenvalue weighted by Crippen LogP contribution is -2.26. The van der Waals surface area contributed by atoms with E-state index in [1.807, 2.05) is 25.3 Å². The largest absolute Gasteiger partial charge is 0.364 e. The van der Waals surface area contributed by atoms with Gasteiger partial charge in [-0.3, -0.25) is 15.1 Å². The number of pyridine rings is 1. The molecule has 0 fully saturated rings. The Kier molecular flexibility index (Phi) is 4.75. The highest BCUT2D eigenvalue weighted by Gasteiger charge is 2.19. The Bertz CT molecular complexity index is 634. The zero-order chi connectivity index (χ0) is 15.4.